The second-order valence-corrected chi connectivity index (χ2v) is 2.65. The number of nitrogens with zero attached hydrogens (tertiary/aromatic N) is 1. The molecule has 6 heteroatoms. The Morgan fingerprint density at radius 1 is 1.47 bits per heavy atom. The highest BCUT2D eigenvalue weighted by Gasteiger charge is 2.05. The van der Waals surface area contributed by atoms with Crippen molar-refractivity contribution in [3.63, 3.8) is 0 Å². The summed E-state index contributed by atoms with van der Waals surface area (Å²) in [5.74, 6) is 0. The number of nitrogens with one attached hydrogen (secondary N) is 1. The topological polar surface area (TPSA) is 81.5 Å². The molecule has 0 aliphatic heterocycles. The van der Waals surface area contributed by atoms with Gasteiger partial charge in [0.1, 0.15) is 0 Å². The summed E-state index contributed by atoms with van der Waals surface area (Å²) in [6.07, 6.45) is -0.577. The summed E-state index contributed by atoms with van der Waals surface area (Å²) in [6.45, 7) is 1.97. The molecule has 0 aliphatic carbocycles. The average molecular weight is 210 g/mol. The van der Waals surface area contributed by atoms with Crippen LogP contribution in [0, 0.1) is 10.1 Å². The van der Waals surface area contributed by atoms with Crippen molar-refractivity contribution < 1.29 is 14.5 Å². The first-order valence-electron chi connectivity index (χ1n) is 4.31. The number of amides is 1. The molecule has 80 valence electrons. The van der Waals surface area contributed by atoms with Crippen LogP contribution < -0.4 is 5.32 Å². The van der Waals surface area contributed by atoms with E-state index < -0.39 is 11.0 Å². The largest absolute Gasteiger partial charge is 0.450 e. The predicted molar refractivity (Wildman–Crippen MR) is 53.7 cm³/mol. The Kier molecular flexibility index (Phi) is 3.61. The summed E-state index contributed by atoms with van der Waals surface area (Å²) in [5.41, 5.74) is 0.434. The third kappa shape index (κ3) is 3.26. The Bertz CT molecular complexity index is 361. The van der Waals surface area contributed by atoms with Crippen LogP contribution in [0.4, 0.5) is 16.2 Å². The number of carbonyl (C=O) groups is 1. The third-order valence-corrected chi connectivity index (χ3v) is 1.60. The number of rotatable bonds is 3. The quantitative estimate of drug-likeness (QED) is 0.612. The van der Waals surface area contributed by atoms with Gasteiger partial charge in [-0.3, -0.25) is 15.4 Å². The average Bonchev–Trinajstić information content (AvgIpc) is 2.18. The van der Waals surface area contributed by atoms with Gasteiger partial charge in [-0.1, -0.05) is 0 Å². The number of nitro groups is 1. The van der Waals surface area contributed by atoms with Crippen molar-refractivity contribution in [3.05, 3.63) is 34.4 Å². The zero-order valence-electron chi connectivity index (χ0n) is 8.10. The molecular formula is C9H10N2O4. The van der Waals surface area contributed by atoms with Crippen LogP contribution in [-0.4, -0.2) is 17.6 Å². The van der Waals surface area contributed by atoms with Gasteiger partial charge in [0.15, 0.2) is 0 Å². The molecule has 15 heavy (non-hydrogen) atoms. The van der Waals surface area contributed by atoms with E-state index in [1.165, 1.54) is 24.3 Å². The van der Waals surface area contributed by atoms with Crippen molar-refractivity contribution in [2.75, 3.05) is 11.9 Å². The minimum Gasteiger partial charge on any atom is -0.450 e. The molecule has 0 unspecified atom stereocenters. The molecule has 0 aromatic heterocycles. The smallest absolute Gasteiger partial charge is 0.411 e. The highest BCUT2D eigenvalue weighted by molar-refractivity contribution is 5.84. The summed E-state index contributed by atoms with van der Waals surface area (Å²) in [7, 11) is 0. The third-order valence-electron chi connectivity index (χ3n) is 1.60. The number of ether oxygens (including phenoxy) is 1. The fourth-order valence-electron chi connectivity index (χ4n) is 0.952. The van der Waals surface area contributed by atoms with E-state index in [4.69, 9.17) is 0 Å². The lowest BCUT2D eigenvalue weighted by Crippen LogP contribution is -2.13. The van der Waals surface area contributed by atoms with Gasteiger partial charge in [0.25, 0.3) is 5.69 Å². The molecule has 1 amide bonds. The number of anilines is 1. The normalized spacial score (nSPS) is 9.40. The number of non-ortho nitro benzene ring substituents is 1. The SMILES string of the molecule is CCOC(=O)Nc1ccc([N+](=O)[O-])cc1. The van der Waals surface area contributed by atoms with Crippen LogP contribution >= 0.6 is 0 Å². The van der Waals surface area contributed by atoms with E-state index in [2.05, 4.69) is 10.1 Å². The van der Waals surface area contributed by atoms with E-state index in [0.717, 1.165) is 0 Å². The van der Waals surface area contributed by atoms with Crippen LogP contribution in [0.3, 0.4) is 0 Å². The lowest BCUT2D eigenvalue weighted by Gasteiger charge is -2.03. The molecule has 0 spiro atoms. The molecule has 0 aliphatic rings. The van der Waals surface area contributed by atoms with Gasteiger partial charge in [-0.2, -0.15) is 0 Å². The minimum atomic E-state index is -0.577. The highest BCUT2D eigenvalue weighted by atomic mass is 16.6. The Balaban J connectivity index is 2.64. The van der Waals surface area contributed by atoms with Gasteiger partial charge < -0.3 is 4.74 Å². The zero-order chi connectivity index (χ0) is 11.3. The van der Waals surface area contributed by atoms with Crippen molar-refractivity contribution in [1.29, 1.82) is 0 Å². The van der Waals surface area contributed by atoms with Gasteiger partial charge in [0, 0.05) is 17.8 Å². The number of carbonyl (C=O) groups excluding carboxylic acids is 1. The molecule has 0 radical (unpaired) electrons. The summed E-state index contributed by atoms with van der Waals surface area (Å²) >= 11 is 0. The summed E-state index contributed by atoms with van der Waals surface area (Å²) in [6, 6.07) is 5.49. The molecule has 0 heterocycles. The van der Waals surface area contributed by atoms with Crippen LogP contribution in [0.1, 0.15) is 6.92 Å². The maximum absolute atomic E-state index is 11.0. The number of hydrogen-bond acceptors (Lipinski definition) is 4. The maximum Gasteiger partial charge on any atom is 0.411 e. The lowest BCUT2D eigenvalue weighted by molar-refractivity contribution is -0.384. The van der Waals surface area contributed by atoms with Gasteiger partial charge in [-0.15, -0.1) is 0 Å². The molecule has 1 aromatic carbocycles. The van der Waals surface area contributed by atoms with Crippen LogP contribution in [0.5, 0.6) is 0 Å². The molecule has 0 fully saturated rings. The maximum atomic E-state index is 11.0. The van der Waals surface area contributed by atoms with Crippen LogP contribution in [0.2, 0.25) is 0 Å². The second kappa shape index (κ2) is 4.94. The molecule has 1 aromatic rings. The van der Waals surface area contributed by atoms with Gasteiger partial charge >= 0.3 is 6.09 Å². The van der Waals surface area contributed by atoms with Crippen LogP contribution in [-0.2, 0) is 4.74 Å². The van der Waals surface area contributed by atoms with E-state index >= 15 is 0 Å². The fraction of sp³-hybridized carbons (Fsp3) is 0.222. The molecule has 6 nitrogen and oxygen atoms in total. The van der Waals surface area contributed by atoms with E-state index in [-0.39, 0.29) is 12.3 Å². The Labute approximate surface area is 86.0 Å². The van der Waals surface area contributed by atoms with Crippen molar-refractivity contribution in [3.8, 4) is 0 Å². The van der Waals surface area contributed by atoms with Crippen LogP contribution in [0.15, 0.2) is 24.3 Å². The Morgan fingerprint density at radius 2 is 2.07 bits per heavy atom. The molecule has 0 bridgehead atoms. The standard InChI is InChI=1S/C9H10N2O4/c1-2-15-9(12)10-7-3-5-8(6-4-7)11(13)14/h3-6H,2H2,1H3,(H,10,12). The molecule has 1 N–H and O–H groups in total. The number of hydrogen-bond donors (Lipinski definition) is 1. The lowest BCUT2D eigenvalue weighted by atomic mass is 10.3. The number of nitro benzene ring substituents is 1. The summed E-state index contributed by atoms with van der Waals surface area (Å²) in [5, 5.41) is 12.8. The van der Waals surface area contributed by atoms with Crippen molar-refractivity contribution in [2.24, 2.45) is 0 Å². The first-order valence-corrected chi connectivity index (χ1v) is 4.31. The molecule has 1 rings (SSSR count). The summed E-state index contributed by atoms with van der Waals surface area (Å²) < 4.78 is 4.64. The molecular weight excluding hydrogens is 200 g/mol. The van der Waals surface area contributed by atoms with Gasteiger partial charge in [-0.05, 0) is 19.1 Å². The molecule has 0 atom stereocenters. The van der Waals surface area contributed by atoms with Gasteiger partial charge in [0.2, 0.25) is 0 Å². The van der Waals surface area contributed by atoms with E-state index in [1.54, 1.807) is 6.92 Å². The minimum absolute atomic E-state index is 0.0237. The first kappa shape index (κ1) is 11.0. The second-order valence-electron chi connectivity index (χ2n) is 2.65. The van der Waals surface area contributed by atoms with Crippen molar-refractivity contribution in [1.82, 2.24) is 0 Å². The monoisotopic (exact) mass is 210 g/mol. The first-order chi connectivity index (χ1) is 7.13. The molecule has 0 saturated carbocycles. The Morgan fingerprint density at radius 3 is 2.53 bits per heavy atom. The Hall–Kier alpha value is -2.11. The zero-order valence-corrected chi connectivity index (χ0v) is 8.10. The molecule has 0 saturated heterocycles. The van der Waals surface area contributed by atoms with Crippen LogP contribution in [0.25, 0.3) is 0 Å². The number of benzene rings is 1. The highest BCUT2D eigenvalue weighted by Crippen LogP contribution is 2.15. The van der Waals surface area contributed by atoms with Crippen molar-refractivity contribution in [2.45, 2.75) is 6.92 Å². The van der Waals surface area contributed by atoms with Crippen molar-refractivity contribution >= 4 is 17.5 Å². The predicted octanol–water partition coefficient (Wildman–Crippen LogP) is 2.16. The van der Waals surface area contributed by atoms with Gasteiger partial charge in [-0.25, -0.2) is 4.79 Å². The van der Waals surface area contributed by atoms with Gasteiger partial charge in [0.05, 0.1) is 11.5 Å². The van der Waals surface area contributed by atoms with E-state index in [1.807, 2.05) is 0 Å². The fourth-order valence-corrected chi connectivity index (χ4v) is 0.952. The summed E-state index contributed by atoms with van der Waals surface area (Å²) in [4.78, 5) is 20.8. The van der Waals surface area contributed by atoms with E-state index in [0.29, 0.717) is 5.69 Å². The van der Waals surface area contributed by atoms with E-state index in [9.17, 15) is 14.9 Å².